The third-order valence-corrected chi connectivity index (χ3v) is 2.66. The van der Waals surface area contributed by atoms with Crippen LogP contribution in [0.4, 0.5) is 4.79 Å². The highest BCUT2D eigenvalue weighted by Crippen LogP contribution is 2.18. The van der Waals surface area contributed by atoms with E-state index in [1.807, 2.05) is 44.2 Å². The van der Waals surface area contributed by atoms with E-state index in [2.05, 4.69) is 10.6 Å². The summed E-state index contributed by atoms with van der Waals surface area (Å²) in [6, 6.07) is 8.84. The molecule has 1 aromatic carbocycles. The lowest BCUT2D eigenvalue weighted by atomic mass is 9.95. The number of aliphatic hydroxyl groups excluding tert-OH is 1. The summed E-state index contributed by atoms with van der Waals surface area (Å²) in [5.74, 6) is -1.37. The van der Waals surface area contributed by atoms with Gasteiger partial charge < -0.3 is 20.8 Å². The zero-order valence-electron chi connectivity index (χ0n) is 10.9. The molecule has 0 aliphatic rings. The van der Waals surface area contributed by atoms with E-state index in [-0.39, 0.29) is 6.54 Å². The lowest BCUT2D eigenvalue weighted by Crippen LogP contribution is -2.48. The number of urea groups is 1. The minimum Gasteiger partial charge on any atom is -0.479 e. The van der Waals surface area contributed by atoms with E-state index >= 15 is 0 Å². The SMILES string of the molecule is CC(C)(NC(=O)NC[C@H](O)C(=O)O)c1ccccc1. The zero-order valence-corrected chi connectivity index (χ0v) is 10.9. The van der Waals surface area contributed by atoms with E-state index in [1.54, 1.807) is 0 Å². The van der Waals surface area contributed by atoms with Crippen LogP contribution in [0.5, 0.6) is 0 Å². The van der Waals surface area contributed by atoms with Crippen molar-refractivity contribution in [1.82, 2.24) is 10.6 Å². The molecule has 4 N–H and O–H groups in total. The zero-order chi connectivity index (χ0) is 14.5. The molecule has 0 aliphatic heterocycles. The van der Waals surface area contributed by atoms with E-state index in [1.165, 1.54) is 0 Å². The lowest BCUT2D eigenvalue weighted by molar-refractivity contribution is -0.146. The maximum Gasteiger partial charge on any atom is 0.334 e. The van der Waals surface area contributed by atoms with Crippen molar-refractivity contribution in [2.24, 2.45) is 0 Å². The third kappa shape index (κ3) is 4.59. The van der Waals surface area contributed by atoms with Crippen molar-refractivity contribution in [3.05, 3.63) is 35.9 Å². The van der Waals surface area contributed by atoms with Gasteiger partial charge in [0.2, 0.25) is 0 Å². The van der Waals surface area contributed by atoms with Crippen LogP contribution in [0.3, 0.4) is 0 Å². The highest BCUT2D eigenvalue weighted by molar-refractivity contribution is 5.77. The molecule has 1 aromatic rings. The fraction of sp³-hybridized carbons (Fsp3) is 0.385. The summed E-state index contributed by atoms with van der Waals surface area (Å²) in [4.78, 5) is 22.0. The Balaban J connectivity index is 2.54. The Morgan fingerprint density at radius 1 is 1.26 bits per heavy atom. The molecule has 0 radical (unpaired) electrons. The molecule has 0 aromatic heterocycles. The average Bonchev–Trinajstić information content (AvgIpc) is 2.36. The van der Waals surface area contributed by atoms with Gasteiger partial charge in [0.15, 0.2) is 6.10 Å². The standard InChI is InChI=1S/C13H18N2O4/c1-13(2,9-6-4-3-5-7-9)15-12(19)14-8-10(16)11(17)18/h3-7,10,16H,8H2,1-2H3,(H,17,18)(H2,14,15,19)/t10-/m0/s1. The van der Waals surface area contributed by atoms with E-state index in [9.17, 15) is 9.59 Å². The molecular weight excluding hydrogens is 248 g/mol. The molecule has 0 saturated heterocycles. The van der Waals surface area contributed by atoms with Crippen molar-refractivity contribution in [3.63, 3.8) is 0 Å². The average molecular weight is 266 g/mol. The van der Waals surface area contributed by atoms with Crippen LogP contribution in [0.1, 0.15) is 19.4 Å². The summed E-state index contributed by atoms with van der Waals surface area (Å²) in [5.41, 5.74) is 0.323. The first-order chi connectivity index (χ1) is 8.83. The van der Waals surface area contributed by atoms with Gasteiger partial charge in [-0.1, -0.05) is 30.3 Å². The predicted molar refractivity (Wildman–Crippen MR) is 69.6 cm³/mol. The molecule has 6 heteroatoms. The monoisotopic (exact) mass is 266 g/mol. The molecule has 0 unspecified atom stereocenters. The van der Waals surface area contributed by atoms with E-state index in [0.29, 0.717) is 0 Å². The number of benzene rings is 1. The van der Waals surface area contributed by atoms with Crippen LogP contribution >= 0.6 is 0 Å². The Morgan fingerprint density at radius 2 is 1.84 bits per heavy atom. The van der Waals surface area contributed by atoms with E-state index in [4.69, 9.17) is 10.2 Å². The normalized spacial score (nSPS) is 12.6. The Morgan fingerprint density at radius 3 is 2.37 bits per heavy atom. The number of carboxylic acids is 1. The maximum atomic E-state index is 11.6. The van der Waals surface area contributed by atoms with Gasteiger partial charge in [0, 0.05) is 0 Å². The van der Waals surface area contributed by atoms with Crippen molar-refractivity contribution < 1.29 is 19.8 Å². The second-order valence-electron chi connectivity index (χ2n) is 4.68. The lowest BCUT2D eigenvalue weighted by Gasteiger charge is -2.27. The quantitative estimate of drug-likeness (QED) is 0.629. The minimum atomic E-state index is -1.61. The van der Waals surface area contributed by atoms with Crippen molar-refractivity contribution in [1.29, 1.82) is 0 Å². The molecule has 1 atom stereocenters. The smallest absolute Gasteiger partial charge is 0.334 e. The topological polar surface area (TPSA) is 98.7 Å². The summed E-state index contributed by atoms with van der Waals surface area (Å²) in [5, 5.41) is 22.6. The van der Waals surface area contributed by atoms with Crippen LogP contribution in [0.2, 0.25) is 0 Å². The number of aliphatic hydroxyl groups is 1. The summed E-state index contributed by atoms with van der Waals surface area (Å²) < 4.78 is 0. The summed E-state index contributed by atoms with van der Waals surface area (Å²) in [6.45, 7) is 3.32. The molecule has 0 heterocycles. The Bertz CT molecular complexity index is 445. The fourth-order valence-electron chi connectivity index (χ4n) is 1.53. The highest BCUT2D eigenvalue weighted by atomic mass is 16.4. The van der Waals surface area contributed by atoms with Crippen LogP contribution in [0.15, 0.2) is 30.3 Å². The molecule has 19 heavy (non-hydrogen) atoms. The molecule has 2 amide bonds. The number of nitrogens with one attached hydrogen (secondary N) is 2. The van der Waals surface area contributed by atoms with Crippen LogP contribution in [-0.4, -0.2) is 34.9 Å². The molecular formula is C13H18N2O4. The highest BCUT2D eigenvalue weighted by Gasteiger charge is 2.23. The van der Waals surface area contributed by atoms with Crippen LogP contribution in [0, 0.1) is 0 Å². The number of aliphatic carboxylic acids is 1. The van der Waals surface area contributed by atoms with Crippen LogP contribution in [0.25, 0.3) is 0 Å². The fourth-order valence-corrected chi connectivity index (χ4v) is 1.53. The van der Waals surface area contributed by atoms with Crippen molar-refractivity contribution in [2.45, 2.75) is 25.5 Å². The number of carboxylic acid groups (broad SMARTS) is 1. The van der Waals surface area contributed by atoms with Gasteiger partial charge in [0.25, 0.3) is 0 Å². The molecule has 0 aliphatic carbocycles. The van der Waals surface area contributed by atoms with Gasteiger partial charge in [0.1, 0.15) is 0 Å². The molecule has 0 fully saturated rings. The first-order valence-corrected chi connectivity index (χ1v) is 5.85. The molecule has 0 saturated carbocycles. The Labute approximate surface area is 111 Å². The van der Waals surface area contributed by atoms with Gasteiger partial charge in [0.05, 0.1) is 12.1 Å². The molecule has 6 nitrogen and oxygen atoms in total. The van der Waals surface area contributed by atoms with Gasteiger partial charge in [-0.05, 0) is 19.4 Å². The number of carbonyl (C=O) groups excluding carboxylic acids is 1. The summed E-state index contributed by atoms with van der Waals surface area (Å²) in [7, 11) is 0. The first-order valence-electron chi connectivity index (χ1n) is 5.85. The second-order valence-corrected chi connectivity index (χ2v) is 4.68. The van der Waals surface area contributed by atoms with Crippen molar-refractivity contribution >= 4 is 12.0 Å². The van der Waals surface area contributed by atoms with Crippen molar-refractivity contribution in [3.8, 4) is 0 Å². The number of rotatable bonds is 5. The number of carbonyl (C=O) groups is 2. The van der Waals surface area contributed by atoms with E-state index < -0.39 is 23.6 Å². The Kier molecular flexibility index (Phi) is 4.88. The van der Waals surface area contributed by atoms with Gasteiger partial charge in [-0.3, -0.25) is 0 Å². The third-order valence-electron chi connectivity index (χ3n) is 2.66. The van der Waals surface area contributed by atoms with Gasteiger partial charge in [-0.2, -0.15) is 0 Å². The van der Waals surface area contributed by atoms with Gasteiger partial charge in [-0.25, -0.2) is 9.59 Å². The van der Waals surface area contributed by atoms with Crippen LogP contribution < -0.4 is 10.6 Å². The first kappa shape index (κ1) is 15.0. The number of hydrogen-bond donors (Lipinski definition) is 4. The van der Waals surface area contributed by atoms with Gasteiger partial charge >= 0.3 is 12.0 Å². The molecule has 0 spiro atoms. The minimum absolute atomic E-state index is 0.341. The molecule has 104 valence electrons. The van der Waals surface area contributed by atoms with Gasteiger partial charge in [-0.15, -0.1) is 0 Å². The number of amides is 2. The number of hydrogen-bond acceptors (Lipinski definition) is 3. The molecule has 1 rings (SSSR count). The maximum absolute atomic E-state index is 11.6. The summed E-state index contributed by atoms with van der Waals surface area (Å²) >= 11 is 0. The van der Waals surface area contributed by atoms with Crippen LogP contribution in [-0.2, 0) is 10.3 Å². The molecule has 0 bridgehead atoms. The second kappa shape index (κ2) is 6.19. The summed E-state index contributed by atoms with van der Waals surface area (Å²) in [6.07, 6.45) is -1.61. The van der Waals surface area contributed by atoms with E-state index in [0.717, 1.165) is 5.56 Å². The largest absolute Gasteiger partial charge is 0.479 e. The predicted octanol–water partition coefficient (Wildman–Crippen LogP) is 0.666. The Hall–Kier alpha value is -2.08. The van der Waals surface area contributed by atoms with Crippen molar-refractivity contribution in [2.75, 3.05) is 6.54 Å².